The number of nitrogens with zero attached hydrogens (tertiary/aromatic N) is 4. The van der Waals surface area contributed by atoms with Gasteiger partial charge in [-0.1, -0.05) is 47.6 Å². The highest BCUT2D eigenvalue weighted by Gasteiger charge is 2.32. The molecule has 2 aromatic rings. The van der Waals surface area contributed by atoms with Gasteiger partial charge in [0.25, 0.3) is 0 Å². The van der Waals surface area contributed by atoms with Crippen LogP contribution < -0.4 is 0 Å². The average molecular weight is 394 g/mol. The molecular formula is C21H29F3N4. The predicted molar refractivity (Wildman–Crippen MR) is 103 cm³/mol. The van der Waals surface area contributed by atoms with E-state index in [4.69, 9.17) is 0 Å². The van der Waals surface area contributed by atoms with E-state index < -0.39 is 11.9 Å². The SMILES string of the molecule is CC(C)[C@H](C)Cc1nc(C[C@@H](C)C(C)C)nc(-c2cccc(C(F)(F)F)n2)n1. The standard InChI is InChI=1S/C21H29F3N4/c1-12(2)14(5)10-18-26-19(11-15(6)13(3)4)28-20(27-18)16-8-7-9-17(25-16)21(22,23)24/h7-9,12-15H,10-11H2,1-6H3/t14-,15-/m1/s1. The normalized spacial score (nSPS) is 14.5. The number of alkyl halides is 3. The smallest absolute Gasteiger partial charge is 0.240 e. The van der Waals surface area contributed by atoms with Crippen molar-refractivity contribution >= 4 is 0 Å². The van der Waals surface area contributed by atoms with Crippen molar-refractivity contribution in [2.24, 2.45) is 23.7 Å². The average Bonchev–Trinajstić information content (AvgIpc) is 2.60. The molecule has 28 heavy (non-hydrogen) atoms. The van der Waals surface area contributed by atoms with E-state index in [0.29, 0.717) is 48.2 Å². The van der Waals surface area contributed by atoms with Gasteiger partial charge >= 0.3 is 6.18 Å². The van der Waals surface area contributed by atoms with E-state index in [0.717, 1.165) is 6.07 Å². The number of pyridine rings is 1. The summed E-state index contributed by atoms with van der Waals surface area (Å²) in [5.41, 5.74) is -0.825. The summed E-state index contributed by atoms with van der Waals surface area (Å²) in [4.78, 5) is 17.2. The minimum absolute atomic E-state index is 0.120. The lowest BCUT2D eigenvalue weighted by molar-refractivity contribution is -0.141. The summed E-state index contributed by atoms with van der Waals surface area (Å²) < 4.78 is 39.1. The van der Waals surface area contributed by atoms with E-state index in [2.05, 4.69) is 61.5 Å². The van der Waals surface area contributed by atoms with Crippen molar-refractivity contribution in [2.75, 3.05) is 0 Å². The number of hydrogen-bond acceptors (Lipinski definition) is 4. The third-order valence-electron chi connectivity index (χ3n) is 5.28. The van der Waals surface area contributed by atoms with Crippen molar-refractivity contribution in [3.8, 4) is 11.5 Å². The molecule has 0 saturated carbocycles. The summed E-state index contributed by atoms with van der Waals surface area (Å²) in [7, 11) is 0. The molecule has 0 unspecified atom stereocenters. The Bertz CT molecular complexity index is 753. The van der Waals surface area contributed by atoms with Crippen LogP contribution in [-0.4, -0.2) is 19.9 Å². The van der Waals surface area contributed by atoms with Crippen molar-refractivity contribution in [1.82, 2.24) is 19.9 Å². The molecular weight excluding hydrogens is 365 g/mol. The van der Waals surface area contributed by atoms with Crippen LogP contribution in [0, 0.1) is 23.7 Å². The highest BCUT2D eigenvalue weighted by Crippen LogP contribution is 2.29. The molecule has 0 amide bonds. The third kappa shape index (κ3) is 5.97. The fourth-order valence-corrected chi connectivity index (χ4v) is 2.53. The van der Waals surface area contributed by atoms with E-state index >= 15 is 0 Å². The second-order valence-corrected chi connectivity index (χ2v) is 8.25. The molecule has 4 nitrogen and oxygen atoms in total. The molecule has 2 heterocycles. The zero-order valence-corrected chi connectivity index (χ0v) is 17.4. The molecule has 0 aromatic carbocycles. The summed E-state index contributed by atoms with van der Waals surface area (Å²) in [5.74, 6) is 3.01. The van der Waals surface area contributed by atoms with E-state index in [9.17, 15) is 13.2 Å². The molecule has 154 valence electrons. The van der Waals surface area contributed by atoms with Crippen LogP contribution in [0.1, 0.15) is 58.9 Å². The van der Waals surface area contributed by atoms with Crippen molar-refractivity contribution in [3.63, 3.8) is 0 Å². The minimum atomic E-state index is -4.51. The summed E-state index contributed by atoms with van der Waals surface area (Å²) in [5, 5.41) is 0. The molecule has 0 aliphatic carbocycles. The third-order valence-corrected chi connectivity index (χ3v) is 5.28. The Labute approximate surface area is 165 Å². The highest BCUT2D eigenvalue weighted by molar-refractivity contribution is 5.49. The molecule has 0 aliphatic heterocycles. The first-order chi connectivity index (χ1) is 13.0. The van der Waals surface area contributed by atoms with E-state index in [-0.39, 0.29) is 11.5 Å². The number of hydrogen-bond donors (Lipinski definition) is 0. The first-order valence-corrected chi connectivity index (χ1v) is 9.75. The van der Waals surface area contributed by atoms with Gasteiger partial charge in [0.1, 0.15) is 23.0 Å². The Hall–Kier alpha value is -2.05. The van der Waals surface area contributed by atoms with Crippen LogP contribution in [0.4, 0.5) is 13.2 Å². The van der Waals surface area contributed by atoms with Crippen LogP contribution in [0.3, 0.4) is 0 Å². The molecule has 2 rings (SSSR count). The van der Waals surface area contributed by atoms with Gasteiger partial charge in [0.15, 0.2) is 5.82 Å². The monoisotopic (exact) mass is 394 g/mol. The quantitative estimate of drug-likeness (QED) is 0.611. The van der Waals surface area contributed by atoms with Gasteiger partial charge in [0, 0.05) is 12.8 Å². The Morgan fingerprint density at radius 1 is 0.750 bits per heavy atom. The predicted octanol–water partition coefficient (Wildman–Crippen LogP) is 5.62. The van der Waals surface area contributed by atoms with Crippen LogP contribution in [0.2, 0.25) is 0 Å². The van der Waals surface area contributed by atoms with Gasteiger partial charge in [-0.25, -0.2) is 19.9 Å². The lowest BCUT2D eigenvalue weighted by atomic mass is 9.93. The van der Waals surface area contributed by atoms with Crippen LogP contribution in [0.5, 0.6) is 0 Å². The molecule has 7 heteroatoms. The largest absolute Gasteiger partial charge is 0.433 e. The molecule has 0 radical (unpaired) electrons. The Balaban J connectivity index is 2.47. The maximum atomic E-state index is 13.0. The first-order valence-electron chi connectivity index (χ1n) is 9.75. The minimum Gasteiger partial charge on any atom is -0.240 e. The van der Waals surface area contributed by atoms with Crippen molar-refractivity contribution in [2.45, 2.75) is 60.6 Å². The van der Waals surface area contributed by atoms with E-state index in [1.54, 1.807) is 0 Å². The lowest BCUT2D eigenvalue weighted by Gasteiger charge is -2.17. The Kier molecular flexibility index (Phi) is 7.12. The zero-order valence-electron chi connectivity index (χ0n) is 17.4. The first kappa shape index (κ1) is 22.2. The Morgan fingerprint density at radius 3 is 1.68 bits per heavy atom. The van der Waals surface area contributed by atoms with Crippen LogP contribution >= 0.6 is 0 Å². The van der Waals surface area contributed by atoms with Gasteiger partial charge in [-0.2, -0.15) is 13.2 Å². The summed E-state index contributed by atoms with van der Waals surface area (Å²) >= 11 is 0. The zero-order chi connectivity index (χ0) is 21.1. The van der Waals surface area contributed by atoms with Crippen molar-refractivity contribution in [1.29, 1.82) is 0 Å². The maximum Gasteiger partial charge on any atom is 0.433 e. The van der Waals surface area contributed by atoms with Gasteiger partial charge in [-0.3, -0.25) is 0 Å². The number of aromatic nitrogens is 4. The fourth-order valence-electron chi connectivity index (χ4n) is 2.53. The molecule has 0 aliphatic rings. The summed E-state index contributed by atoms with van der Waals surface area (Å²) in [6.45, 7) is 12.7. The molecule has 0 fully saturated rings. The molecule has 0 spiro atoms. The van der Waals surface area contributed by atoms with Gasteiger partial charge in [-0.15, -0.1) is 0 Å². The highest BCUT2D eigenvalue weighted by atomic mass is 19.4. The van der Waals surface area contributed by atoms with E-state index in [1.165, 1.54) is 12.1 Å². The van der Waals surface area contributed by atoms with E-state index in [1.807, 2.05) is 0 Å². The summed E-state index contributed by atoms with van der Waals surface area (Å²) in [6, 6.07) is 3.80. The van der Waals surface area contributed by atoms with Crippen LogP contribution in [0.15, 0.2) is 18.2 Å². The van der Waals surface area contributed by atoms with Crippen molar-refractivity contribution in [3.05, 3.63) is 35.5 Å². The second kappa shape index (κ2) is 8.97. The summed E-state index contributed by atoms with van der Waals surface area (Å²) in [6.07, 6.45) is -3.21. The maximum absolute atomic E-state index is 13.0. The molecule has 2 atom stereocenters. The number of rotatable bonds is 7. The molecule has 2 aromatic heterocycles. The van der Waals surface area contributed by atoms with Crippen molar-refractivity contribution < 1.29 is 13.2 Å². The van der Waals surface area contributed by atoms with Crippen LogP contribution in [0.25, 0.3) is 11.5 Å². The van der Waals surface area contributed by atoms with Crippen LogP contribution in [-0.2, 0) is 19.0 Å². The lowest BCUT2D eigenvalue weighted by Crippen LogP contribution is -2.16. The Morgan fingerprint density at radius 2 is 1.25 bits per heavy atom. The van der Waals surface area contributed by atoms with Gasteiger partial charge < -0.3 is 0 Å². The fraction of sp³-hybridized carbons (Fsp3) is 0.619. The molecule has 0 bridgehead atoms. The van der Waals surface area contributed by atoms with Gasteiger partial charge in [-0.05, 0) is 35.8 Å². The molecule has 0 N–H and O–H groups in total. The van der Waals surface area contributed by atoms with Gasteiger partial charge in [0.2, 0.25) is 0 Å². The second-order valence-electron chi connectivity index (χ2n) is 8.25. The number of halogens is 3. The van der Waals surface area contributed by atoms with Gasteiger partial charge in [0.05, 0.1) is 0 Å². The molecule has 0 saturated heterocycles. The topological polar surface area (TPSA) is 51.6 Å².